The largest absolute Gasteiger partial charge is 0.377 e. The summed E-state index contributed by atoms with van der Waals surface area (Å²) in [5.74, 6) is 1.82. The molecule has 1 aromatic heterocycles. The quantitative estimate of drug-likeness (QED) is 0.563. The lowest BCUT2D eigenvalue weighted by atomic mass is 10.1. The van der Waals surface area contributed by atoms with Crippen molar-refractivity contribution in [3.8, 4) is 0 Å². The zero-order valence-electron chi connectivity index (χ0n) is 16.9. The Morgan fingerprint density at radius 2 is 1.96 bits per heavy atom. The van der Waals surface area contributed by atoms with Crippen molar-refractivity contribution in [2.45, 2.75) is 32.9 Å². The van der Waals surface area contributed by atoms with Gasteiger partial charge in [0.15, 0.2) is 5.96 Å². The third kappa shape index (κ3) is 6.14. The highest BCUT2D eigenvalue weighted by molar-refractivity contribution is 5.79. The highest BCUT2D eigenvalue weighted by atomic mass is 16.5. The Labute approximate surface area is 157 Å². The smallest absolute Gasteiger partial charge is 0.191 e. The van der Waals surface area contributed by atoms with Crippen LogP contribution in [0.15, 0.2) is 23.3 Å². The predicted octanol–water partition coefficient (Wildman–Crippen LogP) is 1.31. The molecule has 0 bridgehead atoms. The Balaban J connectivity index is 1.81. The SMILES string of the molecule is CCN1CCN(c2ccc(CNC(=NC)NCC(C)(C)OC)cn2)CC1. The van der Waals surface area contributed by atoms with Gasteiger partial charge in [-0.2, -0.15) is 0 Å². The number of aliphatic imine (C=N–C) groups is 1. The maximum Gasteiger partial charge on any atom is 0.191 e. The number of nitrogens with zero attached hydrogens (tertiary/aromatic N) is 4. The molecule has 2 rings (SSSR count). The fourth-order valence-corrected chi connectivity index (χ4v) is 2.78. The van der Waals surface area contributed by atoms with E-state index in [0.717, 1.165) is 50.1 Å². The van der Waals surface area contributed by atoms with Crippen molar-refractivity contribution in [1.82, 2.24) is 20.5 Å². The molecule has 1 aliphatic rings. The summed E-state index contributed by atoms with van der Waals surface area (Å²) in [4.78, 5) is 13.7. The summed E-state index contributed by atoms with van der Waals surface area (Å²) >= 11 is 0. The van der Waals surface area contributed by atoms with Gasteiger partial charge in [0.25, 0.3) is 0 Å². The molecule has 0 radical (unpaired) electrons. The Bertz CT molecular complexity index is 564. The number of pyridine rings is 1. The number of anilines is 1. The molecule has 1 aliphatic heterocycles. The molecule has 0 atom stereocenters. The number of likely N-dealkylation sites (N-methyl/N-ethyl adjacent to an activating group) is 1. The van der Waals surface area contributed by atoms with Crippen LogP contribution >= 0.6 is 0 Å². The third-order valence-electron chi connectivity index (χ3n) is 4.87. The first kappa shape index (κ1) is 20.5. The Kier molecular flexibility index (Phi) is 7.66. The van der Waals surface area contributed by atoms with E-state index in [0.29, 0.717) is 13.1 Å². The summed E-state index contributed by atoms with van der Waals surface area (Å²) in [7, 11) is 3.49. The molecule has 0 spiro atoms. The molecule has 2 heterocycles. The van der Waals surface area contributed by atoms with E-state index < -0.39 is 0 Å². The maximum atomic E-state index is 5.42. The van der Waals surface area contributed by atoms with Crippen molar-refractivity contribution in [3.63, 3.8) is 0 Å². The summed E-state index contributed by atoms with van der Waals surface area (Å²) < 4.78 is 5.42. The van der Waals surface area contributed by atoms with Gasteiger partial charge in [-0.1, -0.05) is 13.0 Å². The van der Waals surface area contributed by atoms with Gasteiger partial charge >= 0.3 is 0 Å². The highest BCUT2D eigenvalue weighted by Gasteiger charge is 2.17. The molecule has 26 heavy (non-hydrogen) atoms. The lowest BCUT2D eigenvalue weighted by molar-refractivity contribution is 0.0268. The first-order chi connectivity index (χ1) is 12.5. The number of aromatic nitrogens is 1. The summed E-state index contributed by atoms with van der Waals surface area (Å²) in [6, 6.07) is 4.25. The fraction of sp³-hybridized carbons (Fsp3) is 0.684. The normalized spacial score (nSPS) is 16.7. The van der Waals surface area contributed by atoms with Gasteiger partial charge in [0.2, 0.25) is 0 Å². The van der Waals surface area contributed by atoms with Crippen molar-refractivity contribution in [2.24, 2.45) is 4.99 Å². The van der Waals surface area contributed by atoms with Crippen LogP contribution in [0.4, 0.5) is 5.82 Å². The van der Waals surface area contributed by atoms with Crippen molar-refractivity contribution in [3.05, 3.63) is 23.9 Å². The molecular formula is C19H34N6O. The first-order valence-electron chi connectivity index (χ1n) is 9.39. The fourth-order valence-electron chi connectivity index (χ4n) is 2.78. The van der Waals surface area contributed by atoms with Gasteiger partial charge in [-0.3, -0.25) is 4.99 Å². The van der Waals surface area contributed by atoms with Crippen molar-refractivity contribution in [1.29, 1.82) is 0 Å². The van der Waals surface area contributed by atoms with Crippen LogP contribution in [-0.4, -0.2) is 74.9 Å². The van der Waals surface area contributed by atoms with E-state index in [4.69, 9.17) is 4.74 Å². The molecule has 2 N–H and O–H groups in total. The molecule has 0 aromatic carbocycles. The third-order valence-corrected chi connectivity index (χ3v) is 4.87. The standard InChI is InChI=1S/C19H34N6O/c1-6-24-9-11-25(12-10-24)17-8-7-16(13-21-17)14-22-18(20-4)23-15-19(2,3)26-5/h7-8,13H,6,9-12,14-15H2,1-5H3,(H2,20,22,23). The minimum atomic E-state index is -0.234. The number of hydrogen-bond donors (Lipinski definition) is 2. The van der Waals surface area contributed by atoms with Gasteiger partial charge in [0.05, 0.1) is 5.60 Å². The van der Waals surface area contributed by atoms with E-state index in [9.17, 15) is 0 Å². The van der Waals surface area contributed by atoms with Gasteiger partial charge in [-0.05, 0) is 32.0 Å². The minimum Gasteiger partial charge on any atom is -0.377 e. The molecule has 1 fully saturated rings. The monoisotopic (exact) mass is 362 g/mol. The van der Waals surface area contributed by atoms with Gasteiger partial charge < -0.3 is 25.2 Å². The second-order valence-corrected chi connectivity index (χ2v) is 7.19. The van der Waals surface area contributed by atoms with Crippen molar-refractivity contribution in [2.75, 3.05) is 58.3 Å². The second-order valence-electron chi connectivity index (χ2n) is 7.19. The number of methoxy groups -OCH3 is 1. The zero-order valence-corrected chi connectivity index (χ0v) is 16.9. The van der Waals surface area contributed by atoms with Crippen LogP contribution in [0.25, 0.3) is 0 Å². The number of ether oxygens (including phenoxy) is 1. The van der Waals surface area contributed by atoms with Gasteiger partial charge in [-0.25, -0.2) is 4.98 Å². The van der Waals surface area contributed by atoms with Gasteiger partial charge in [-0.15, -0.1) is 0 Å². The number of guanidine groups is 1. The number of nitrogens with one attached hydrogen (secondary N) is 2. The Morgan fingerprint density at radius 3 is 2.50 bits per heavy atom. The molecule has 0 amide bonds. The predicted molar refractivity (Wildman–Crippen MR) is 108 cm³/mol. The van der Waals surface area contributed by atoms with Gasteiger partial charge in [0.1, 0.15) is 5.82 Å². The van der Waals surface area contributed by atoms with Crippen molar-refractivity contribution >= 4 is 11.8 Å². The van der Waals surface area contributed by atoms with Crippen LogP contribution < -0.4 is 15.5 Å². The van der Waals surface area contributed by atoms with Crippen LogP contribution in [-0.2, 0) is 11.3 Å². The van der Waals surface area contributed by atoms with Crippen LogP contribution in [0.5, 0.6) is 0 Å². The summed E-state index contributed by atoms with van der Waals surface area (Å²) in [5, 5.41) is 6.60. The van der Waals surface area contributed by atoms with E-state index in [-0.39, 0.29) is 5.60 Å². The minimum absolute atomic E-state index is 0.234. The number of piperazine rings is 1. The van der Waals surface area contributed by atoms with E-state index in [1.165, 1.54) is 0 Å². The maximum absolute atomic E-state index is 5.42. The summed E-state index contributed by atoms with van der Waals surface area (Å²) in [5.41, 5.74) is 0.901. The van der Waals surface area contributed by atoms with Gasteiger partial charge in [0, 0.05) is 59.6 Å². The number of hydrogen-bond acceptors (Lipinski definition) is 5. The lowest BCUT2D eigenvalue weighted by Crippen LogP contribution is -2.46. The Morgan fingerprint density at radius 1 is 1.23 bits per heavy atom. The molecule has 1 aromatic rings. The first-order valence-corrected chi connectivity index (χ1v) is 9.39. The molecule has 146 valence electrons. The van der Waals surface area contributed by atoms with E-state index in [2.05, 4.69) is 49.5 Å². The number of rotatable bonds is 7. The molecule has 1 saturated heterocycles. The molecular weight excluding hydrogens is 328 g/mol. The second kappa shape index (κ2) is 9.73. The van der Waals surface area contributed by atoms with E-state index in [1.807, 2.05) is 20.0 Å². The van der Waals surface area contributed by atoms with Crippen molar-refractivity contribution < 1.29 is 4.74 Å². The molecule has 7 heteroatoms. The summed E-state index contributed by atoms with van der Waals surface area (Å²) in [6.07, 6.45) is 1.95. The Hall–Kier alpha value is -1.86. The average molecular weight is 363 g/mol. The van der Waals surface area contributed by atoms with Crippen LogP contribution in [0.3, 0.4) is 0 Å². The highest BCUT2D eigenvalue weighted by Crippen LogP contribution is 2.14. The average Bonchev–Trinajstić information content (AvgIpc) is 2.68. The van der Waals surface area contributed by atoms with E-state index >= 15 is 0 Å². The topological polar surface area (TPSA) is 65.0 Å². The van der Waals surface area contributed by atoms with Crippen LogP contribution in [0.1, 0.15) is 26.3 Å². The molecule has 7 nitrogen and oxygen atoms in total. The zero-order chi connectivity index (χ0) is 19.0. The van der Waals surface area contributed by atoms with E-state index in [1.54, 1.807) is 14.2 Å². The summed E-state index contributed by atoms with van der Waals surface area (Å²) in [6.45, 7) is 13.1. The molecule has 0 unspecified atom stereocenters. The van der Waals surface area contributed by atoms with Crippen LogP contribution in [0, 0.1) is 0 Å². The molecule has 0 saturated carbocycles. The lowest BCUT2D eigenvalue weighted by Gasteiger charge is -2.34. The van der Waals surface area contributed by atoms with Crippen LogP contribution in [0.2, 0.25) is 0 Å². The molecule has 0 aliphatic carbocycles.